The van der Waals surface area contributed by atoms with Crippen molar-refractivity contribution in [3.05, 3.63) is 65.2 Å². The number of halogens is 2. The van der Waals surface area contributed by atoms with Gasteiger partial charge >= 0.3 is 0 Å². The summed E-state index contributed by atoms with van der Waals surface area (Å²) < 4.78 is 44.8. The Labute approximate surface area is 157 Å². The van der Waals surface area contributed by atoms with E-state index in [-0.39, 0.29) is 23.6 Å². The predicted octanol–water partition coefficient (Wildman–Crippen LogP) is 3.58. The Morgan fingerprint density at radius 2 is 1.89 bits per heavy atom. The van der Waals surface area contributed by atoms with Crippen LogP contribution in [0, 0.1) is 11.6 Å². The van der Waals surface area contributed by atoms with Crippen molar-refractivity contribution < 1.29 is 23.0 Å². The highest BCUT2D eigenvalue weighted by molar-refractivity contribution is 5.38. The minimum Gasteiger partial charge on any atom is -0.496 e. The van der Waals surface area contributed by atoms with Crippen molar-refractivity contribution in [2.24, 2.45) is 0 Å². The van der Waals surface area contributed by atoms with Gasteiger partial charge in [-0.1, -0.05) is 12.1 Å². The van der Waals surface area contributed by atoms with Crippen molar-refractivity contribution in [1.29, 1.82) is 0 Å². The molecule has 2 aromatic carbocycles. The van der Waals surface area contributed by atoms with Crippen molar-refractivity contribution in [3.8, 4) is 5.75 Å². The summed E-state index contributed by atoms with van der Waals surface area (Å²) in [5, 5.41) is 3.49. The monoisotopic (exact) mass is 375 g/mol. The van der Waals surface area contributed by atoms with Crippen molar-refractivity contribution in [1.82, 2.24) is 5.32 Å². The maximum Gasteiger partial charge on any atom is 0.123 e. The third kappa shape index (κ3) is 3.57. The molecule has 4 nitrogen and oxygen atoms in total. The van der Waals surface area contributed by atoms with E-state index in [0.717, 1.165) is 11.1 Å². The van der Waals surface area contributed by atoms with Gasteiger partial charge < -0.3 is 19.5 Å². The standard InChI is InChI=1S/C21H23F2NO3/c1-25-19-7-6-17(23)10-18(19)15-11-21(13-26-12-15)20(24-8-9-27-21)14-2-4-16(22)5-3-14/h2-7,10,15,20,24H,8-9,11-13H2,1H3/t15-,20+,21?/m1/s1. The third-order valence-corrected chi connectivity index (χ3v) is 5.46. The summed E-state index contributed by atoms with van der Waals surface area (Å²) in [5.41, 5.74) is 1.13. The van der Waals surface area contributed by atoms with Crippen LogP contribution in [0.1, 0.15) is 29.5 Å². The number of methoxy groups -OCH3 is 1. The molecule has 0 bridgehead atoms. The van der Waals surface area contributed by atoms with Gasteiger partial charge in [-0.3, -0.25) is 0 Å². The zero-order valence-electron chi connectivity index (χ0n) is 15.2. The van der Waals surface area contributed by atoms with Gasteiger partial charge in [-0.25, -0.2) is 8.78 Å². The highest BCUT2D eigenvalue weighted by atomic mass is 19.1. The molecule has 2 heterocycles. The van der Waals surface area contributed by atoms with Gasteiger partial charge in [0.2, 0.25) is 0 Å². The van der Waals surface area contributed by atoms with Crippen LogP contribution in [0.2, 0.25) is 0 Å². The van der Waals surface area contributed by atoms with E-state index in [1.807, 2.05) is 0 Å². The number of hydrogen-bond acceptors (Lipinski definition) is 4. The van der Waals surface area contributed by atoms with Crippen LogP contribution in [0.4, 0.5) is 8.78 Å². The molecule has 2 aliphatic heterocycles. The lowest BCUT2D eigenvalue weighted by Gasteiger charge is -2.48. The largest absolute Gasteiger partial charge is 0.496 e. The zero-order valence-corrected chi connectivity index (χ0v) is 15.2. The van der Waals surface area contributed by atoms with Crippen LogP contribution in [0.15, 0.2) is 42.5 Å². The van der Waals surface area contributed by atoms with Gasteiger partial charge in [0, 0.05) is 18.0 Å². The second-order valence-electron chi connectivity index (χ2n) is 7.15. The molecule has 2 saturated heterocycles. The summed E-state index contributed by atoms with van der Waals surface area (Å²) in [4.78, 5) is 0. The van der Waals surface area contributed by atoms with Crippen molar-refractivity contribution in [3.63, 3.8) is 0 Å². The van der Waals surface area contributed by atoms with Gasteiger partial charge in [-0.15, -0.1) is 0 Å². The van der Waals surface area contributed by atoms with Crippen LogP contribution < -0.4 is 10.1 Å². The molecule has 1 unspecified atom stereocenters. The summed E-state index contributed by atoms with van der Waals surface area (Å²) in [6.45, 7) is 2.17. The Bertz CT molecular complexity index is 795. The SMILES string of the molecule is COc1ccc(F)cc1[C@H]1COCC2(C1)OCCN[C@H]2c1ccc(F)cc1. The van der Waals surface area contributed by atoms with Gasteiger partial charge in [0.1, 0.15) is 23.0 Å². The smallest absolute Gasteiger partial charge is 0.123 e. The van der Waals surface area contributed by atoms with Crippen molar-refractivity contribution >= 4 is 0 Å². The molecule has 2 aliphatic rings. The lowest BCUT2D eigenvalue weighted by molar-refractivity contribution is -0.171. The molecule has 0 radical (unpaired) electrons. The fraction of sp³-hybridized carbons (Fsp3) is 0.429. The molecular formula is C21H23F2NO3. The van der Waals surface area contributed by atoms with E-state index in [1.54, 1.807) is 25.3 Å². The summed E-state index contributed by atoms with van der Waals surface area (Å²) in [6, 6.07) is 10.9. The maximum atomic E-state index is 13.9. The Balaban J connectivity index is 1.67. The molecule has 1 spiro atoms. The molecule has 0 aromatic heterocycles. The molecule has 2 aromatic rings. The molecule has 144 valence electrons. The molecule has 0 aliphatic carbocycles. The molecule has 3 atom stereocenters. The fourth-order valence-electron chi connectivity index (χ4n) is 4.24. The molecule has 2 fully saturated rings. The third-order valence-electron chi connectivity index (χ3n) is 5.46. The second-order valence-corrected chi connectivity index (χ2v) is 7.15. The van der Waals surface area contributed by atoms with Gasteiger partial charge in [0.25, 0.3) is 0 Å². The number of morpholine rings is 1. The van der Waals surface area contributed by atoms with E-state index in [0.29, 0.717) is 38.5 Å². The zero-order chi connectivity index (χ0) is 18.9. The number of nitrogens with one attached hydrogen (secondary N) is 1. The molecule has 0 amide bonds. The Hall–Kier alpha value is -2.02. The average molecular weight is 375 g/mol. The van der Waals surface area contributed by atoms with E-state index in [4.69, 9.17) is 14.2 Å². The first-order valence-corrected chi connectivity index (χ1v) is 9.15. The predicted molar refractivity (Wildman–Crippen MR) is 97.0 cm³/mol. The van der Waals surface area contributed by atoms with Gasteiger partial charge in [0.05, 0.1) is 33.0 Å². The van der Waals surface area contributed by atoms with Crippen LogP contribution in [0.3, 0.4) is 0 Å². The van der Waals surface area contributed by atoms with Gasteiger partial charge in [0.15, 0.2) is 0 Å². The second kappa shape index (κ2) is 7.54. The van der Waals surface area contributed by atoms with Crippen LogP contribution >= 0.6 is 0 Å². The number of ether oxygens (including phenoxy) is 3. The van der Waals surface area contributed by atoms with Crippen molar-refractivity contribution in [2.45, 2.75) is 24.0 Å². The lowest BCUT2D eigenvalue weighted by atomic mass is 9.77. The average Bonchev–Trinajstić information content (AvgIpc) is 2.69. The summed E-state index contributed by atoms with van der Waals surface area (Å²) in [5.74, 6) is 0.00592. The fourth-order valence-corrected chi connectivity index (χ4v) is 4.24. The molecule has 6 heteroatoms. The van der Waals surface area contributed by atoms with Gasteiger partial charge in [-0.05, 0) is 42.3 Å². The van der Waals surface area contributed by atoms with E-state index >= 15 is 0 Å². The summed E-state index contributed by atoms with van der Waals surface area (Å²) in [6.07, 6.45) is 0.655. The van der Waals surface area contributed by atoms with Crippen LogP contribution in [0.25, 0.3) is 0 Å². The summed E-state index contributed by atoms with van der Waals surface area (Å²) >= 11 is 0. The normalized spacial score (nSPS) is 28.3. The Kier molecular flexibility index (Phi) is 5.12. The maximum absolute atomic E-state index is 13.9. The minimum absolute atomic E-state index is 0.0627. The lowest BCUT2D eigenvalue weighted by Crippen LogP contribution is -2.57. The number of hydrogen-bond donors (Lipinski definition) is 1. The molecular weight excluding hydrogens is 352 g/mol. The first kappa shape index (κ1) is 18.3. The van der Waals surface area contributed by atoms with E-state index in [2.05, 4.69) is 5.32 Å². The minimum atomic E-state index is -0.601. The van der Waals surface area contributed by atoms with Crippen LogP contribution in [-0.4, -0.2) is 39.1 Å². The quantitative estimate of drug-likeness (QED) is 0.890. The highest BCUT2D eigenvalue weighted by Gasteiger charge is 2.48. The van der Waals surface area contributed by atoms with E-state index < -0.39 is 5.60 Å². The molecule has 27 heavy (non-hydrogen) atoms. The first-order chi connectivity index (χ1) is 13.1. The summed E-state index contributed by atoms with van der Waals surface area (Å²) in [7, 11) is 1.58. The van der Waals surface area contributed by atoms with Crippen LogP contribution in [0.5, 0.6) is 5.75 Å². The topological polar surface area (TPSA) is 39.7 Å². The highest BCUT2D eigenvalue weighted by Crippen LogP contribution is 2.44. The number of benzene rings is 2. The molecule has 0 saturated carbocycles. The van der Waals surface area contributed by atoms with E-state index in [9.17, 15) is 8.78 Å². The number of rotatable bonds is 3. The molecule has 4 rings (SSSR count). The Morgan fingerprint density at radius 1 is 1.11 bits per heavy atom. The van der Waals surface area contributed by atoms with Gasteiger partial charge in [-0.2, -0.15) is 0 Å². The first-order valence-electron chi connectivity index (χ1n) is 9.15. The Morgan fingerprint density at radius 3 is 2.67 bits per heavy atom. The van der Waals surface area contributed by atoms with Crippen LogP contribution in [-0.2, 0) is 9.47 Å². The van der Waals surface area contributed by atoms with E-state index in [1.165, 1.54) is 24.3 Å². The van der Waals surface area contributed by atoms with Crippen molar-refractivity contribution in [2.75, 3.05) is 33.5 Å². The molecule has 1 N–H and O–H groups in total.